The number of ketones is 1. The second-order valence-corrected chi connectivity index (χ2v) is 5.50. The number of anilines is 1. The van der Waals surface area contributed by atoms with Crippen LogP contribution in [0, 0.1) is 0 Å². The van der Waals surface area contributed by atoms with E-state index in [2.05, 4.69) is 15.9 Å². The van der Waals surface area contributed by atoms with Gasteiger partial charge in [-0.2, -0.15) is 4.57 Å². The van der Waals surface area contributed by atoms with Gasteiger partial charge < -0.3 is 4.90 Å². The van der Waals surface area contributed by atoms with E-state index < -0.39 is 0 Å². The first-order valence-corrected chi connectivity index (χ1v) is 7.02. The first-order valence-electron chi connectivity index (χ1n) is 6.22. The van der Waals surface area contributed by atoms with Crippen molar-refractivity contribution in [2.75, 3.05) is 19.0 Å². The van der Waals surface area contributed by atoms with Crippen molar-refractivity contribution in [3.8, 4) is 0 Å². The van der Waals surface area contributed by atoms with Gasteiger partial charge in [0.2, 0.25) is 0 Å². The first-order chi connectivity index (χ1) is 9.56. The molecule has 1 heterocycles. The molecule has 2 rings (SSSR count). The molecule has 1 aromatic heterocycles. The van der Waals surface area contributed by atoms with Crippen molar-refractivity contribution in [1.82, 2.24) is 0 Å². The number of benzene rings is 1. The van der Waals surface area contributed by atoms with E-state index in [-0.39, 0.29) is 5.78 Å². The van der Waals surface area contributed by atoms with Gasteiger partial charge in [-0.25, -0.2) is 0 Å². The number of pyridine rings is 1. The minimum absolute atomic E-state index is 0.0123. The van der Waals surface area contributed by atoms with Crippen LogP contribution in [0.25, 0.3) is 6.20 Å². The molecule has 0 aliphatic heterocycles. The Bertz CT molecular complexity index is 616. The predicted octanol–water partition coefficient (Wildman–Crippen LogP) is 3.16. The van der Waals surface area contributed by atoms with Gasteiger partial charge in [-0.1, -0.05) is 15.9 Å². The van der Waals surface area contributed by atoms with Crippen LogP contribution >= 0.6 is 15.9 Å². The van der Waals surface area contributed by atoms with Crippen LogP contribution in [0.1, 0.15) is 10.4 Å². The molecule has 3 nitrogen and oxygen atoms in total. The highest BCUT2D eigenvalue weighted by atomic mass is 79.9. The number of halogens is 1. The van der Waals surface area contributed by atoms with Crippen molar-refractivity contribution in [1.29, 1.82) is 0 Å². The number of carbonyl (C=O) groups is 1. The van der Waals surface area contributed by atoms with Gasteiger partial charge in [0.15, 0.2) is 24.4 Å². The molecule has 2 aromatic rings. The number of hydrogen-bond donors (Lipinski definition) is 0. The molecule has 1 aromatic carbocycles. The number of rotatable bonds is 4. The van der Waals surface area contributed by atoms with Gasteiger partial charge in [-0.15, -0.1) is 0 Å². The molecule has 0 N–H and O–H groups in total. The summed E-state index contributed by atoms with van der Waals surface area (Å²) in [7, 11) is 3.99. The summed E-state index contributed by atoms with van der Waals surface area (Å²) in [6.07, 6.45) is 7.16. The van der Waals surface area contributed by atoms with Crippen LogP contribution < -0.4 is 9.47 Å². The number of allylic oxidation sites excluding steroid dienone is 1. The lowest BCUT2D eigenvalue weighted by Crippen LogP contribution is -2.25. The molecule has 102 valence electrons. The SMILES string of the molecule is CN(C)c1cc[n+](C=CC(=O)c2ccc(Br)cc2)cc1. The van der Waals surface area contributed by atoms with E-state index in [0.29, 0.717) is 5.56 Å². The maximum absolute atomic E-state index is 12.0. The average molecular weight is 332 g/mol. The lowest BCUT2D eigenvalue weighted by molar-refractivity contribution is -0.568. The molecule has 0 amide bonds. The molecular formula is C16H16BrN2O+. The van der Waals surface area contributed by atoms with Crippen LogP contribution in [0.4, 0.5) is 5.69 Å². The van der Waals surface area contributed by atoms with Crippen LogP contribution in [-0.2, 0) is 0 Å². The summed E-state index contributed by atoms with van der Waals surface area (Å²) in [6, 6.07) is 11.3. The van der Waals surface area contributed by atoms with E-state index in [9.17, 15) is 4.79 Å². The van der Waals surface area contributed by atoms with E-state index in [1.54, 1.807) is 24.4 Å². The molecular weight excluding hydrogens is 316 g/mol. The number of carbonyl (C=O) groups excluding carboxylic acids is 1. The zero-order valence-corrected chi connectivity index (χ0v) is 13.0. The van der Waals surface area contributed by atoms with E-state index in [4.69, 9.17) is 0 Å². The van der Waals surface area contributed by atoms with Gasteiger partial charge >= 0.3 is 0 Å². The minimum atomic E-state index is -0.0123. The summed E-state index contributed by atoms with van der Waals surface area (Å²) >= 11 is 3.35. The Balaban J connectivity index is 2.08. The molecule has 0 aliphatic rings. The summed E-state index contributed by atoms with van der Waals surface area (Å²) in [5, 5.41) is 0. The molecule has 0 radical (unpaired) electrons. The summed E-state index contributed by atoms with van der Waals surface area (Å²) in [6.45, 7) is 0. The molecule has 20 heavy (non-hydrogen) atoms. The predicted molar refractivity (Wildman–Crippen MR) is 84.8 cm³/mol. The normalized spacial score (nSPS) is 10.8. The average Bonchev–Trinajstić information content (AvgIpc) is 2.46. The third kappa shape index (κ3) is 3.78. The number of hydrogen-bond acceptors (Lipinski definition) is 2. The highest BCUT2D eigenvalue weighted by molar-refractivity contribution is 9.10. The standard InChI is InChI=1S/C16H16BrN2O/c1-18(2)15-7-10-19(11-8-15)12-9-16(20)13-3-5-14(17)6-4-13/h3-12H,1-2H3/q+1. The monoisotopic (exact) mass is 331 g/mol. The Labute approximate surface area is 127 Å². The maximum Gasteiger partial charge on any atom is 0.191 e. The zero-order valence-electron chi connectivity index (χ0n) is 11.5. The van der Waals surface area contributed by atoms with Gasteiger partial charge in [0, 0.05) is 42.0 Å². The van der Waals surface area contributed by atoms with Gasteiger partial charge in [-0.3, -0.25) is 4.79 Å². The Morgan fingerprint density at radius 3 is 2.25 bits per heavy atom. The molecule has 0 unspecified atom stereocenters. The smallest absolute Gasteiger partial charge is 0.191 e. The molecule has 4 heteroatoms. The maximum atomic E-state index is 12.0. The van der Waals surface area contributed by atoms with E-state index >= 15 is 0 Å². The Morgan fingerprint density at radius 2 is 1.70 bits per heavy atom. The molecule has 0 atom stereocenters. The Hall–Kier alpha value is -1.94. The Kier molecular flexibility index (Phi) is 4.69. The highest BCUT2D eigenvalue weighted by Crippen LogP contribution is 2.11. The van der Waals surface area contributed by atoms with Crippen LogP contribution in [0.5, 0.6) is 0 Å². The molecule has 0 spiro atoms. The van der Waals surface area contributed by atoms with Crippen molar-refractivity contribution in [2.45, 2.75) is 0 Å². The molecule has 0 fully saturated rings. The Morgan fingerprint density at radius 1 is 1.10 bits per heavy atom. The van der Waals surface area contributed by atoms with Crippen LogP contribution in [-0.4, -0.2) is 19.9 Å². The van der Waals surface area contributed by atoms with Crippen molar-refractivity contribution in [2.24, 2.45) is 0 Å². The van der Waals surface area contributed by atoms with E-state index in [1.165, 1.54) is 0 Å². The fourth-order valence-corrected chi connectivity index (χ4v) is 1.96. The van der Waals surface area contributed by atoms with Crippen molar-refractivity contribution >= 4 is 33.6 Å². The molecule has 0 aliphatic carbocycles. The van der Waals surface area contributed by atoms with Gasteiger partial charge in [-0.05, 0) is 24.3 Å². The molecule has 0 saturated heterocycles. The van der Waals surface area contributed by atoms with Gasteiger partial charge in [0.25, 0.3) is 0 Å². The topological polar surface area (TPSA) is 24.2 Å². The van der Waals surface area contributed by atoms with E-state index in [0.717, 1.165) is 10.2 Å². The largest absolute Gasteiger partial charge is 0.377 e. The molecule has 0 bridgehead atoms. The minimum Gasteiger partial charge on any atom is -0.377 e. The van der Waals surface area contributed by atoms with Crippen molar-refractivity contribution in [3.05, 3.63) is 64.9 Å². The summed E-state index contributed by atoms with van der Waals surface area (Å²) in [5.74, 6) is -0.0123. The second kappa shape index (κ2) is 6.48. The first kappa shape index (κ1) is 14.5. The summed E-state index contributed by atoms with van der Waals surface area (Å²) < 4.78 is 2.82. The fourth-order valence-electron chi connectivity index (χ4n) is 1.69. The zero-order chi connectivity index (χ0) is 14.5. The molecule has 0 saturated carbocycles. The van der Waals surface area contributed by atoms with E-state index in [1.807, 2.05) is 60.2 Å². The van der Waals surface area contributed by atoms with Crippen LogP contribution in [0.3, 0.4) is 0 Å². The second-order valence-electron chi connectivity index (χ2n) is 4.58. The fraction of sp³-hybridized carbons (Fsp3) is 0.125. The summed E-state index contributed by atoms with van der Waals surface area (Å²) in [4.78, 5) is 14.0. The lowest BCUT2D eigenvalue weighted by atomic mass is 10.1. The van der Waals surface area contributed by atoms with Crippen molar-refractivity contribution < 1.29 is 9.36 Å². The number of aromatic nitrogens is 1. The van der Waals surface area contributed by atoms with Crippen LogP contribution in [0.15, 0.2) is 59.3 Å². The van der Waals surface area contributed by atoms with Crippen molar-refractivity contribution in [3.63, 3.8) is 0 Å². The van der Waals surface area contributed by atoms with Gasteiger partial charge in [0.05, 0.1) is 6.08 Å². The third-order valence-corrected chi connectivity index (χ3v) is 3.41. The van der Waals surface area contributed by atoms with Crippen LogP contribution in [0.2, 0.25) is 0 Å². The van der Waals surface area contributed by atoms with Gasteiger partial charge in [0.1, 0.15) is 0 Å². The third-order valence-electron chi connectivity index (χ3n) is 2.88. The number of nitrogens with zero attached hydrogens (tertiary/aromatic N) is 2. The summed E-state index contributed by atoms with van der Waals surface area (Å²) in [5.41, 5.74) is 1.80. The highest BCUT2D eigenvalue weighted by Gasteiger charge is 2.03. The quantitative estimate of drug-likeness (QED) is 0.488. The lowest BCUT2D eigenvalue weighted by Gasteiger charge is -2.09.